The highest BCUT2D eigenvalue weighted by atomic mass is 79.9. The molecule has 0 saturated carbocycles. The van der Waals surface area contributed by atoms with Crippen LogP contribution in [0.5, 0.6) is 0 Å². The van der Waals surface area contributed by atoms with Crippen molar-refractivity contribution in [3.63, 3.8) is 0 Å². The van der Waals surface area contributed by atoms with Gasteiger partial charge in [-0.1, -0.05) is 15.9 Å². The van der Waals surface area contributed by atoms with Gasteiger partial charge in [0.2, 0.25) is 0 Å². The molecule has 0 aliphatic carbocycles. The normalized spacial score (nSPS) is 10.1. The van der Waals surface area contributed by atoms with Crippen molar-refractivity contribution in [1.82, 2.24) is 0 Å². The number of aliphatic hydroxyl groups excluding tert-OH is 1. The minimum atomic E-state index is -0.0499. The molecule has 0 spiro atoms. The molecule has 72 valence electrons. The van der Waals surface area contributed by atoms with Gasteiger partial charge in [-0.05, 0) is 19.1 Å². The Hall–Kier alpha value is -0.740. The second-order valence-corrected chi connectivity index (χ2v) is 3.53. The molecule has 0 aromatic heterocycles. The van der Waals surface area contributed by atoms with Gasteiger partial charge < -0.3 is 16.2 Å². The SMILES string of the molecule is CCNc1ccc(Br)c(CO)c1N. The molecule has 0 aliphatic rings. The van der Waals surface area contributed by atoms with E-state index >= 15 is 0 Å². The number of nitrogens with two attached hydrogens (primary N) is 1. The lowest BCUT2D eigenvalue weighted by Gasteiger charge is -2.11. The minimum absolute atomic E-state index is 0.0499. The summed E-state index contributed by atoms with van der Waals surface area (Å²) in [7, 11) is 0. The van der Waals surface area contributed by atoms with Crippen LogP contribution in [0.3, 0.4) is 0 Å². The largest absolute Gasteiger partial charge is 0.397 e. The Bertz CT molecular complexity index is 302. The molecule has 1 aromatic carbocycles. The Balaban J connectivity index is 3.11. The minimum Gasteiger partial charge on any atom is -0.397 e. The third-order valence-corrected chi connectivity index (χ3v) is 2.57. The number of halogens is 1. The van der Waals surface area contributed by atoms with Gasteiger partial charge in [0.05, 0.1) is 18.0 Å². The summed E-state index contributed by atoms with van der Waals surface area (Å²) < 4.78 is 0.842. The fraction of sp³-hybridized carbons (Fsp3) is 0.333. The van der Waals surface area contributed by atoms with Gasteiger partial charge in [0.25, 0.3) is 0 Å². The zero-order chi connectivity index (χ0) is 9.84. The average molecular weight is 245 g/mol. The second-order valence-electron chi connectivity index (χ2n) is 2.68. The zero-order valence-corrected chi connectivity index (χ0v) is 9.06. The Morgan fingerprint density at radius 2 is 2.23 bits per heavy atom. The van der Waals surface area contributed by atoms with Crippen LogP contribution in [-0.2, 0) is 6.61 Å². The Kier molecular flexibility index (Phi) is 3.57. The molecule has 0 heterocycles. The predicted molar refractivity (Wildman–Crippen MR) is 58.6 cm³/mol. The summed E-state index contributed by atoms with van der Waals surface area (Å²) in [5.41, 5.74) is 8.04. The predicted octanol–water partition coefficient (Wildman–Crippen LogP) is 1.96. The van der Waals surface area contributed by atoms with Crippen molar-refractivity contribution in [2.45, 2.75) is 13.5 Å². The van der Waals surface area contributed by atoms with E-state index in [-0.39, 0.29) is 6.61 Å². The maximum absolute atomic E-state index is 9.05. The topological polar surface area (TPSA) is 58.3 Å². The van der Waals surface area contributed by atoms with Crippen LogP contribution >= 0.6 is 15.9 Å². The van der Waals surface area contributed by atoms with Crippen molar-refractivity contribution in [3.05, 3.63) is 22.2 Å². The van der Waals surface area contributed by atoms with Gasteiger partial charge in [-0.2, -0.15) is 0 Å². The summed E-state index contributed by atoms with van der Waals surface area (Å²) in [4.78, 5) is 0. The molecule has 0 fully saturated rings. The molecule has 4 heteroatoms. The molecule has 0 atom stereocenters. The number of nitrogen functional groups attached to an aromatic ring is 1. The first kappa shape index (κ1) is 10.3. The van der Waals surface area contributed by atoms with E-state index in [1.54, 1.807) is 0 Å². The van der Waals surface area contributed by atoms with Crippen molar-refractivity contribution in [2.24, 2.45) is 0 Å². The molecule has 1 aromatic rings. The molecule has 3 nitrogen and oxygen atoms in total. The van der Waals surface area contributed by atoms with Crippen molar-refractivity contribution < 1.29 is 5.11 Å². The standard InChI is InChI=1S/C9H13BrN2O/c1-2-12-8-4-3-7(10)6(5-13)9(8)11/h3-4,12-13H,2,5,11H2,1H3. The van der Waals surface area contributed by atoms with E-state index in [0.29, 0.717) is 5.69 Å². The van der Waals surface area contributed by atoms with Crippen LogP contribution in [0.2, 0.25) is 0 Å². The van der Waals surface area contributed by atoms with E-state index in [4.69, 9.17) is 10.8 Å². The maximum Gasteiger partial charge on any atom is 0.0713 e. The van der Waals surface area contributed by atoms with Crippen LogP contribution < -0.4 is 11.1 Å². The first-order valence-electron chi connectivity index (χ1n) is 4.12. The molecule has 4 N–H and O–H groups in total. The first-order valence-corrected chi connectivity index (χ1v) is 4.91. The maximum atomic E-state index is 9.05. The summed E-state index contributed by atoms with van der Waals surface area (Å²) in [6.45, 7) is 2.77. The van der Waals surface area contributed by atoms with Gasteiger partial charge >= 0.3 is 0 Å². The Labute approximate surface area is 86.1 Å². The lowest BCUT2D eigenvalue weighted by molar-refractivity contribution is 0.282. The Morgan fingerprint density at radius 1 is 1.54 bits per heavy atom. The quantitative estimate of drug-likeness (QED) is 0.713. The van der Waals surface area contributed by atoms with E-state index in [9.17, 15) is 0 Å². The molecule has 0 radical (unpaired) electrons. The van der Waals surface area contributed by atoms with Crippen molar-refractivity contribution in [1.29, 1.82) is 0 Å². The number of benzene rings is 1. The molecular formula is C9H13BrN2O. The average Bonchev–Trinajstić information content (AvgIpc) is 2.11. The van der Waals surface area contributed by atoms with Crippen LogP contribution in [0.25, 0.3) is 0 Å². The zero-order valence-electron chi connectivity index (χ0n) is 7.47. The summed E-state index contributed by atoms with van der Waals surface area (Å²) in [5, 5.41) is 12.2. The molecular weight excluding hydrogens is 232 g/mol. The summed E-state index contributed by atoms with van der Waals surface area (Å²) in [5.74, 6) is 0. The smallest absolute Gasteiger partial charge is 0.0713 e. The van der Waals surface area contributed by atoms with Crippen LogP contribution in [0, 0.1) is 0 Å². The molecule has 0 saturated heterocycles. The molecule has 0 unspecified atom stereocenters. The van der Waals surface area contributed by atoms with E-state index in [2.05, 4.69) is 21.2 Å². The molecule has 0 amide bonds. The third kappa shape index (κ3) is 2.14. The van der Waals surface area contributed by atoms with Crippen molar-refractivity contribution in [3.8, 4) is 0 Å². The lowest BCUT2D eigenvalue weighted by Crippen LogP contribution is -2.04. The van der Waals surface area contributed by atoms with E-state index in [1.165, 1.54) is 0 Å². The van der Waals surface area contributed by atoms with Crippen LogP contribution in [0.15, 0.2) is 16.6 Å². The number of nitrogens with one attached hydrogen (secondary N) is 1. The van der Waals surface area contributed by atoms with E-state index in [0.717, 1.165) is 22.3 Å². The first-order chi connectivity index (χ1) is 6.20. The number of hydrogen-bond acceptors (Lipinski definition) is 3. The Morgan fingerprint density at radius 3 is 2.77 bits per heavy atom. The van der Waals surface area contributed by atoms with Crippen LogP contribution in [-0.4, -0.2) is 11.7 Å². The third-order valence-electron chi connectivity index (χ3n) is 1.83. The highest BCUT2D eigenvalue weighted by molar-refractivity contribution is 9.10. The summed E-state index contributed by atoms with van der Waals surface area (Å²) >= 11 is 3.32. The second kappa shape index (κ2) is 4.48. The van der Waals surface area contributed by atoms with Gasteiger partial charge in [-0.15, -0.1) is 0 Å². The highest BCUT2D eigenvalue weighted by Gasteiger charge is 2.07. The van der Waals surface area contributed by atoms with Gasteiger partial charge in [0.15, 0.2) is 0 Å². The molecule has 0 bridgehead atoms. The summed E-state index contributed by atoms with van der Waals surface area (Å²) in [6.07, 6.45) is 0. The van der Waals surface area contributed by atoms with Gasteiger partial charge in [0, 0.05) is 16.6 Å². The van der Waals surface area contributed by atoms with Gasteiger partial charge in [-0.3, -0.25) is 0 Å². The number of anilines is 2. The monoisotopic (exact) mass is 244 g/mol. The highest BCUT2D eigenvalue weighted by Crippen LogP contribution is 2.29. The van der Waals surface area contributed by atoms with Gasteiger partial charge in [-0.25, -0.2) is 0 Å². The number of rotatable bonds is 3. The lowest BCUT2D eigenvalue weighted by atomic mass is 10.1. The molecule has 0 aliphatic heterocycles. The number of hydrogen-bond donors (Lipinski definition) is 3. The molecule has 1 rings (SSSR count). The van der Waals surface area contributed by atoms with Crippen molar-refractivity contribution in [2.75, 3.05) is 17.6 Å². The van der Waals surface area contributed by atoms with Crippen LogP contribution in [0.4, 0.5) is 11.4 Å². The van der Waals surface area contributed by atoms with Crippen LogP contribution in [0.1, 0.15) is 12.5 Å². The fourth-order valence-electron chi connectivity index (χ4n) is 1.14. The summed E-state index contributed by atoms with van der Waals surface area (Å²) in [6, 6.07) is 3.77. The van der Waals surface area contributed by atoms with Gasteiger partial charge in [0.1, 0.15) is 0 Å². The van der Waals surface area contributed by atoms with E-state index < -0.39 is 0 Å². The fourth-order valence-corrected chi connectivity index (χ4v) is 1.61. The molecule has 13 heavy (non-hydrogen) atoms. The van der Waals surface area contributed by atoms with Crippen molar-refractivity contribution >= 4 is 27.3 Å². The number of aliphatic hydroxyl groups is 1. The van der Waals surface area contributed by atoms with E-state index in [1.807, 2.05) is 19.1 Å².